The van der Waals surface area contributed by atoms with E-state index in [9.17, 15) is 14.4 Å². The van der Waals surface area contributed by atoms with Crippen LogP contribution in [0, 0.1) is 5.92 Å². The second-order valence-corrected chi connectivity index (χ2v) is 7.25. The lowest BCUT2D eigenvalue weighted by molar-refractivity contribution is -0.142. The van der Waals surface area contributed by atoms with Gasteiger partial charge in [-0.15, -0.1) is 0 Å². The van der Waals surface area contributed by atoms with Gasteiger partial charge in [0.25, 0.3) is 11.8 Å². The standard InChI is InChI=1S/C24H28N2O6/c1-16(2)14-25-24(29)19-7-5-6-8-20(19)26-22(27)15-32-23(28)12-10-17-9-11-18(30-3)13-21(17)31-4/h5-13,16H,14-15H2,1-4H3,(H,25,29)(H,26,27)/b12-10+. The van der Waals surface area contributed by atoms with E-state index in [1.807, 2.05) is 13.8 Å². The molecule has 0 saturated heterocycles. The topological polar surface area (TPSA) is 103 Å². The maximum Gasteiger partial charge on any atom is 0.331 e. The molecule has 170 valence electrons. The van der Waals surface area contributed by atoms with E-state index >= 15 is 0 Å². The van der Waals surface area contributed by atoms with E-state index in [0.717, 1.165) is 0 Å². The fraction of sp³-hybridized carbons (Fsp3) is 0.292. The molecule has 0 spiro atoms. The summed E-state index contributed by atoms with van der Waals surface area (Å²) >= 11 is 0. The van der Waals surface area contributed by atoms with Crippen LogP contribution < -0.4 is 20.1 Å². The molecule has 2 rings (SSSR count). The number of nitrogens with one attached hydrogen (secondary N) is 2. The predicted octanol–water partition coefficient (Wildman–Crippen LogP) is 3.28. The summed E-state index contributed by atoms with van der Waals surface area (Å²) in [5.41, 5.74) is 1.32. The van der Waals surface area contributed by atoms with Gasteiger partial charge in [-0.3, -0.25) is 9.59 Å². The first kappa shape index (κ1) is 24.5. The van der Waals surface area contributed by atoms with Crippen molar-refractivity contribution in [1.82, 2.24) is 5.32 Å². The second-order valence-electron chi connectivity index (χ2n) is 7.25. The first-order valence-corrected chi connectivity index (χ1v) is 10.1. The largest absolute Gasteiger partial charge is 0.497 e. The minimum absolute atomic E-state index is 0.289. The molecule has 0 bridgehead atoms. The maximum absolute atomic E-state index is 12.4. The number of carbonyl (C=O) groups is 3. The first-order chi connectivity index (χ1) is 15.3. The highest BCUT2D eigenvalue weighted by Gasteiger charge is 2.14. The molecule has 8 heteroatoms. The number of para-hydroxylation sites is 1. The Morgan fingerprint density at radius 2 is 1.78 bits per heavy atom. The Labute approximate surface area is 187 Å². The Hall–Kier alpha value is -3.81. The molecule has 2 aromatic rings. The average Bonchev–Trinajstić information content (AvgIpc) is 2.80. The Balaban J connectivity index is 1.93. The number of methoxy groups -OCH3 is 2. The zero-order valence-corrected chi connectivity index (χ0v) is 18.6. The molecule has 0 fully saturated rings. The van der Waals surface area contributed by atoms with Gasteiger partial charge in [0.15, 0.2) is 6.61 Å². The van der Waals surface area contributed by atoms with E-state index < -0.39 is 18.5 Å². The molecule has 0 unspecified atom stereocenters. The predicted molar refractivity (Wildman–Crippen MR) is 122 cm³/mol. The SMILES string of the molecule is COc1ccc(/C=C/C(=O)OCC(=O)Nc2ccccc2C(=O)NCC(C)C)c(OC)c1. The Morgan fingerprint density at radius 3 is 2.47 bits per heavy atom. The van der Waals surface area contributed by atoms with Crippen molar-refractivity contribution in [3.8, 4) is 11.5 Å². The number of rotatable bonds is 10. The van der Waals surface area contributed by atoms with Crippen molar-refractivity contribution in [2.75, 3.05) is 32.7 Å². The molecule has 0 saturated carbocycles. The summed E-state index contributed by atoms with van der Waals surface area (Å²) in [7, 11) is 3.05. The van der Waals surface area contributed by atoms with E-state index in [1.165, 1.54) is 19.3 Å². The highest BCUT2D eigenvalue weighted by Crippen LogP contribution is 2.25. The van der Waals surface area contributed by atoms with Gasteiger partial charge in [0.2, 0.25) is 0 Å². The fourth-order valence-electron chi connectivity index (χ4n) is 2.67. The summed E-state index contributed by atoms with van der Waals surface area (Å²) in [6, 6.07) is 11.8. The van der Waals surface area contributed by atoms with Crippen molar-refractivity contribution < 1.29 is 28.6 Å². The lowest BCUT2D eigenvalue weighted by Gasteiger charge is -2.12. The summed E-state index contributed by atoms with van der Waals surface area (Å²) in [5, 5.41) is 5.41. The number of ether oxygens (including phenoxy) is 3. The molecular weight excluding hydrogens is 412 g/mol. The minimum Gasteiger partial charge on any atom is -0.497 e. The van der Waals surface area contributed by atoms with Crippen LogP contribution in [-0.2, 0) is 14.3 Å². The molecule has 0 atom stereocenters. The Bertz CT molecular complexity index is 984. The van der Waals surface area contributed by atoms with Crippen LogP contribution in [0.4, 0.5) is 5.69 Å². The molecule has 0 radical (unpaired) electrons. The number of hydrogen-bond donors (Lipinski definition) is 2. The summed E-state index contributed by atoms with van der Waals surface area (Å²) in [4.78, 5) is 36.6. The third-order valence-electron chi connectivity index (χ3n) is 4.30. The molecule has 8 nitrogen and oxygen atoms in total. The number of amides is 2. The number of hydrogen-bond acceptors (Lipinski definition) is 6. The van der Waals surface area contributed by atoms with Gasteiger partial charge in [-0.2, -0.15) is 0 Å². The molecule has 0 aromatic heterocycles. The summed E-state index contributed by atoms with van der Waals surface area (Å²) in [5.74, 6) is -0.0946. The summed E-state index contributed by atoms with van der Waals surface area (Å²) < 4.78 is 15.4. The van der Waals surface area contributed by atoms with Crippen LogP contribution in [0.1, 0.15) is 29.8 Å². The first-order valence-electron chi connectivity index (χ1n) is 10.1. The van der Waals surface area contributed by atoms with Crippen molar-refractivity contribution in [2.45, 2.75) is 13.8 Å². The Morgan fingerprint density at radius 1 is 1.03 bits per heavy atom. The van der Waals surface area contributed by atoms with E-state index in [2.05, 4.69) is 10.6 Å². The maximum atomic E-state index is 12.4. The van der Waals surface area contributed by atoms with Gasteiger partial charge >= 0.3 is 5.97 Å². The van der Waals surface area contributed by atoms with E-state index in [4.69, 9.17) is 14.2 Å². The van der Waals surface area contributed by atoms with Gasteiger partial charge < -0.3 is 24.8 Å². The van der Waals surface area contributed by atoms with Crippen LogP contribution in [0.2, 0.25) is 0 Å². The molecule has 2 amide bonds. The van der Waals surface area contributed by atoms with Crippen LogP contribution in [0.25, 0.3) is 6.08 Å². The smallest absolute Gasteiger partial charge is 0.331 e. The van der Waals surface area contributed by atoms with Crippen molar-refractivity contribution >= 4 is 29.5 Å². The molecule has 2 N–H and O–H groups in total. The highest BCUT2D eigenvalue weighted by molar-refractivity contribution is 6.04. The quantitative estimate of drug-likeness (QED) is 0.434. The van der Waals surface area contributed by atoms with E-state index in [-0.39, 0.29) is 5.91 Å². The summed E-state index contributed by atoms with van der Waals surface area (Å²) in [6.45, 7) is 4.00. The van der Waals surface area contributed by atoms with Gasteiger partial charge in [0.05, 0.1) is 25.5 Å². The molecular formula is C24H28N2O6. The van der Waals surface area contributed by atoms with Crippen LogP contribution in [0.3, 0.4) is 0 Å². The molecule has 2 aromatic carbocycles. The van der Waals surface area contributed by atoms with Gasteiger partial charge in [0, 0.05) is 24.3 Å². The van der Waals surface area contributed by atoms with Crippen LogP contribution in [0.5, 0.6) is 11.5 Å². The molecule has 0 aliphatic rings. The van der Waals surface area contributed by atoms with Crippen molar-refractivity contribution in [1.29, 1.82) is 0 Å². The Kier molecular flexibility index (Phi) is 9.28. The zero-order valence-electron chi connectivity index (χ0n) is 18.6. The number of carbonyl (C=O) groups excluding carboxylic acids is 3. The molecule has 0 heterocycles. The lowest BCUT2D eigenvalue weighted by atomic mass is 10.1. The molecule has 32 heavy (non-hydrogen) atoms. The van der Waals surface area contributed by atoms with Gasteiger partial charge in [0.1, 0.15) is 11.5 Å². The van der Waals surface area contributed by atoms with E-state index in [1.54, 1.807) is 49.6 Å². The number of anilines is 1. The minimum atomic E-state index is -0.694. The number of esters is 1. The molecule has 0 aliphatic heterocycles. The summed E-state index contributed by atoms with van der Waals surface area (Å²) in [6.07, 6.45) is 2.72. The third-order valence-corrected chi connectivity index (χ3v) is 4.30. The highest BCUT2D eigenvalue weighted by atomic mass is 16.5. The van der Waals surface area contributed by atoms with Crippen molar-refractivity contribution in [2.24, 2.45) is 5.92 Å². The van der Waals surface area contributed by atoms with Gasteiger partial charge in [-0.25, -0.2) is 4.79 Å². The van der Waals surface area contributed by atoms with Gasteiger partial charge in [-0.1, -0.05) is 26.0 Å². The van der Waals surface area contributed by atoms with Gasteiger partial charge in [-0.05, 0) is 36.3 Å². The number of benzene rings is 2. The third kappa shape index (κ3) is 7.46. The van der Waals surface area contributed by atoms with Crippen LogP contribution in [0.15, 0.2) is 48.5 Å². The monoisotopic (exact) mass is 440 g/mol. The van der Waals surface area contributed by atoms with Crippen LogP contribution in [-0.4, -0.2) is 45.2 Å². The zero-order chi connectivity index (χ0) is 23.5. The van der Waals surface area contributed by atoms with Crippen molar-refractivity contribution in [3.63, 3.8) is 0 Å². The molecule has 0 aliphatic carbocycles. The normalized spacial score (nSPS) is 10.7. The van der Waals surface area contributed by atoms with E-state index in [0.29, 0.717) is 40.8 Å². The second kappa shape index (κ2) is 12.1. The fourth-order valence-corrected chi connectivity index (χ4v) is 2.67. The van der Waals surface area contributed by atoms with Crippen LogP contribution >= 0.6 is 0 Å². The average molecular weight is 440 g/mol. The lowest BCUT2D eigenvalue weighted by Crippen LogP contribution is -2.29. The van der Waals surface area contributed by atoms with Crippen molar-refractivity contribution in [3.05, 3.63) is 59.7 Å².